The highest BCUT2D eigenvalue weighted by Crippen LogP contribution is 2.21. The third-order valence-electron chi connectivity index (χ3n) is 5.83. The van der Waals surface area contributed by atoms with Crippen molar-refractivity contribution in [3.8, 4) is 17.2 Å². The van der Waals surface area contributed by atoms with Gasteiger partial charge in [0.15, 0.2) is 0 Å². The number of para-hydroxylation sites is 1. The van der Waals surface area contributed by atoms with Gasteiger partial charge in [-0.1, -0.05) is 72.8 Å². The lowest BCUT2D eigenvalue weighted by molar-refractivity contribution is -0.128. The zero-order valence-corrected chi connectivity index (χ0v) is 20.7. The summed E-state index contributed by atoms with van der Waals surface area (Å²) in [5.74, 6) is 1.70. The molecule has 4 aromatic carbocycles. The van der Waals surface area contributed by atoms with Gasteiger partial charge < -0.3 is 20.1 Å². The van der Waals surface area contributed by atoms with E-state index in [1.165, 1.54) is 0 Å². The van der Waals surface area contributed by atoms with E-state index in [4.69, 9.17) is 9.47 Å². The number of hydrogen-bond acceptors (Lipinski definition) is 4. The molecule has 0 bridgehead atoms. The van der Waals surface area contributed by atoms with Gasteiger partial charge in [0.1, 0.15) is 23.3 Å². The normalized spacial score (nSPS) is 11.3. The van der Waals surface area contributed by atoms with Crippen LogP contribution in [0.15, 0.2) is 109 Å². The van der Waals surface area contributed by atoms with Crippen molar-refractivity contribution in [3.63, 3.8) is 0 Å². The van der Waals surface area contributed by atoms with Crippen LogP contribution in [0, 0.1) is 0 Å². The smallest absolute Gasteiger partial charge is 0.243 e. The Hall–Kier alpha value is -4.58. The summed E-state index contributed by atoms with van der Waals surface area (Å²) < 4.78 is 11.0. The van der Waals surface area contributed by atoms with Gasteiger partial charge >= 0.3 is 0 Å². The molecule has 0 aliphatic carbocycles. The average Bonchev–Trinajstić information content (AvgIpc) is 2.94. The number of hydrogen-bond donors (Lipinski definition) is 2. The van der Waals surface area contributed by atoms with Gasteiger partial charge in [0.2, 0.25) is 11.8 Å². The first-order valence-corrected chi connectivity index (χ1v) is 12.1. The monoisotopic (exact) mass is 494 g/mol. The van der Waals surface area contributed by atoms with Gasteiger partial charge in [-0.05, 0) is 53.1 Å². The molecule has 0 aliphatic rings. The van der Waals surface area contributed by atoms with Crippen molar-refractivity contribution in [2.75, 3.05) is 7.11 Å². The summed E-state index contributed by atoms with van der Waals surface area (Å²) in [6.45, 7) is 0.383. The van der Waals surface area contributed by atoms with E-state index in [1.54, 1.807) is 7.11 Å². The van der Waals surface area contributed by atoms with Gasteiger partial charge in [-0.15, -0.1) is 0 Å². The molecule has 0 fully saturated rings. The number of ether oxygens (including phenoxy) is 2. The minimum atomic E-state index is -0.727. The van der Waals surface area contributed by atoms with Crippen molar-refractivity contribution in [1.82, 2.24) is 10.6 Å². The number of methoxy groups -OCH3 is 1. The van der Waals surface area contributed by atoms with Crippen LogP contribution in [-0.4, -0.2) is 25.0 Å². The second-order valence-corrected chi connectivity index (χ2v) is 8.61. The average molecular weight is 495 g/mol. The summed E-state index contributed by atoms with van der Waals surface area (Å²) in [6.07, 6.45) is 0.511. The summed E-state index contributed by atoms with van der Waals surface area (Å²) in [5, 5.41) is 5.87. The standard InChI is InChI=1S/C31H30N2O4/c1-36-26-16-12-24(13-17-26)21-30(34)33-29(31(35)32-22-25-8-4-2-5-9-25)20-23-14-18-28(19-15-23)37-27-10-6-3-7-11-27/h2-19,29H,20-22H2,1H3,(H,32,35)(H,33,34)/t29-/m1/s1. The Morgan fingerprint density at radius 1 is 0.676 bits per heavy atom. The molecule has 0 spiro atoms. The molecule has 188 valence electrons. The zero-order valence-electron chi connectivity index (χ0n) is 20.7. The van der Waals surface area contributed by atoms with E-state index in [9.17, 15) is 9.59 Å². The molecule has 4 aromatic rings. The number of benzene rings is 4. The fourth-order valence-corrected chi connectivity index (χ4v) is 3.85. The molecule has 6 nitrogen and oxygen atoms in total. The molecule has 37 heavy (non-hydrogen) atoms. The summed E-state index contributed by atoms with van der Waals surface area (Å²) in [5.41, 5.74) is 2.73. The molecule has 0 heterocycles. The summed E-state index contributed by atoms with van der Waals surface area (Å²) in [4.78, 5) is 26.0. The van der Waals surface area contributed by atoms with E-state index >= 15 is 0 Å². The van der Waals surface area contributed by atoms with Crippen LogP contribution >= 0.6 is 0 Å². The lowest BCUT2D eigenvalue weighted by Gasteiger charge is -2.19. The van der Waals surface area contributed by atoms with Crippen molar-refractivity contribution in [2.24, 2.45) is 0 Å². The molecular formula is C31H30N2O4. The number of nitrogens with one attached hydrogen (secondary N) is 2. The topological polar surface area (TPSA) is 76.7 Å². The van der Waals surface area contributed by atoms with Crippen LogP contribution in [-0.2, 0) is 29.0 Å². The van der Waals surface area contributed by atoms with E-state index in [0.717, 1.165) is 28.2 Å². The van der Waals surface area contributed by atoms with Gasteiger partial charge in [0, 0.05) is 13.0 Å². The van der Waals surface area contributed by atoms with Crippen LogP contribution in [0.5, 0.6) is 17.2 Å². The first kappa shape index (κ1) is 25.5. The van der Waals surface area contributed by atoms with Crippen LogP contribution in [0.2, 0.25) is 0 Å². The Balaban J connectivity index is 1.42. The number of amides is 2. The van der Waals surface area contributed by atoms with Gasteiger partial charge in [0.25, 0.3) is 0 Å². The second kappa shape index (κ2) is 12.9. The first-order chi connectivity index (χ1) is 18.1. The molecule has 6 heteroatoms. The Morgan fingerprint density at radius 2 is 1.24 bits per heavy atom. The molecule has 0 aromatic heterocycles. The fourth-order valence-electron chi connectivity index (χ4n) is 3.85. The Labute approximate surface area is 217 Å². The third-order valence-corrected chi connectivity index (χ3v) is 5.83. The van der Waals surface area contributed by atoms with E-state index in [1.807, 2.05) is 109 Å². The van der Waals surface area contributed by atoms with Gasteiger partial charge in [0.05, 0.1) is 13.5 Å². The first-order valence-electron chi connectivity index (χ1n) is 12.1. The molecule has 2 N–H and O–H groups in total. The second-order valence-electron chi connectivity index (χ2n) is 8.61. The maximum Gasteiger partial charge on any atom is 0.243 e. The quantitative estimate of drug-likeness (QED) is 0.305. The Bertz CT molecular complexity index is 1270. The van der Waals surface area contributed by atoms with Gasteiger partial charge in [-0.25, -0.2) is 0 Å². The lowest BCUT2D eigenvalue weighted by Crippen LogP contribution is -2.48. The van der Waals surface area contributed by atoms with Crippen LogP contribution < -0.4 is 20.1 Å². The molecule has 0 saturated carbocycles. The molecule has 0 saturated heterocycles. The fraction of sp³-hybridized carbons (Fsp3) is 0.161. The summed E-state index contributed by atoms with van der Waals surface area (Å²) >= 11 is 0. The third kappa shape index (κ3) is 7.97. The lowest BCUT2D eigenvalue weighted by atomic mass is 10.0. The number of carbonyl (C=O) groups is 2. The molecule has 0 aliphatic heterocycles. The highest BCUT2D eigenvalue weighted by Gasteiger charge is 2.21. The van der Waals surface area contributed by atoms with Crippen molar-refractivity contribution in [1.29, 1.82) is 0 Å². The minimum absolute atomic E-state index is 0.163. The summed E-state index contributed by atoms with van der Waals surface area (Å²) in [7, 11) is 1.60. The Kier molecular flexibility index (Phi) is 8.92. The maximum atomic E-state index is 13.1. The van der Waals surface area contributed by atoms with Gasteiger partial charge in [-0.3, -0.25) is 9.59 Å². The highest BCUT2D eigenvalue weighted by molar-refractivity contribution is 5.88. The molecule has 2 amide bonds. The zero-order chi connectivity index (χ0) is 25.9. The summed E-state index contributed by atoms with van der Waals surface area (Å²) in [6, 6.07) is 33.3. The predicted molar refractivity (Wildman–Crippen MR) is 144 cm³/mol. The van der Waals surface area contributed by atoms with Crippen LogP contribution in [0.25, 0.3) is 0 Å². The van der Waals surface area contributed by atoms with E-state index < -0.39 is 6.04 Å². The molecule has 0 unspecified atom stereocenters. The minimum Gasteiger partial charge on any atom is -0.497 e. The van der Waals surface area contributed by atoms with E-state index in [-0.39, 0.29) is 18.2 Å². The molecule has 1 atom stereocenters. The van der Waals surface area contributed by atoms with Gasteiger partial charge in [-0.2, -0.15) is 0 Å². The number of carbonyl (C=O) groups excluding carboxylic acids is 2. The number of rotatable bonds is 11. The van der Waals surface area contributed by atoms with Crippen molar-refractivity contribution >= 4 is 11.8 Å². The van der Waals surface area contributed by atoms with Crippen molar-refractivity contribution in [3.05, 3.63) is 126 Å². The van der Waals surface area contributed by atoms with Crippen LogP contribution in [0.4, 0.5) is 0 Å². The molecule has 4 rings (SSSR count). The van der Waals surface area contributed by atoms with E-state index in [2.05, 4.69) is 10.6 Å². The maximum absolute atomic E-state index is 13.1. The molecular weight excluding hydrogens is 464 g/mol. The van der Waals surface area contributed by atoms with Crippen LogP contribution in [0.3, 0.4) is 0 Å². The largest absolute Gasteiger partial charge is 0.497 e. The SMILES string of the molecule is COc1ccc(CC(=O)N[C@H](Cc2ccc(Oc3ccccc3)cc2)C(=O)NCc2ccccc2)cc1. The predicted octanol–water partition coefficient (Wildman–Crippen LogP) is 5.07. The van der Waals surface area contributed by atoms with Crippen LogP contribution in [0.1, 0.15) is 16.7 Å². The molecule has 0 radical (unpaired) electrons. The Morgan fingerprint density at radius 3 is 1.89 bits per heavy atom. The highest BCUT2D eigenvalue weighted by atomic mass is 16.5. The van der Waals surface area contributed by atoms with Crippen molar-refractivity contribution < 1.29 is 19.1 Å². The van der Waals surface area contributed by atoms with E-state index in [0.29, 0.717) is 18.7 Å². The van der Waals surface area contributed by atoms with Crippen molar-refractivity contribution in [2.45, 2.75) is 25.4 Å².